The summed E-state index contributed by atoms with van der Waals surface area (Å²) in [6.07, 6.45) is 1.93. The van der Waals surface area contributed by atoms with E-state index in [-0.39, 0.29) is 23.6 Å². The maximum absolute atomic E-state index is 11.9. The van der Waals surface area contributed by atoms with Crippen molar-refractivity contribution in [2.75, 3.05) is 23.4 Å². The smallest absolute Gasteiger partial charge is 0.234 e. The van der Waals surface area contributed by atoms with Crippen LogP contribution in [0.2, 0.25) is 0 Å². The molecule has 2 atom stereocenters. The lowest BCUT2D eigenvalue weighted by molar-refractivity contribution is -0.119. The van der Waals surface area contributed by atoms with Crippen LogP contribution >= 0.6 is 11.8 Å². The molecule has 1 aromatic carbocycles. The first-order valence-electron chi connectivity index (χ1n) is 8.00. The fourth-order valence-corrected chi connectivity index (χ4v) is 3.23. The van der Waals surface area contributed by atoms with Crippen LogP contribution in [0.1, 0.15) is 25.3 Å². The number of anilines is 1. The minimum absolute atomic E-state index is 0.0113. The highest BCUT2D eigenvalue weighted by molar-refractivity contribution is 8.00. The molecule has 0 aliphatic carbocycles. The van der Waals surface area contributed by atoms with Gasteiger partial charge in [0.2, 0.25) is 11.8 Å². The van der Waals surface area contributed by atoms with Gasteiger partial charge in [-0.05, 0) is 45.4 Å². The summed E-state index contributed by atoms with van der Waals surface area (Å²) in [6, 6.07) is 8.36. The predicted octanol–water partition coefficient (Wildman–Crippen LogP) is 1.92. The first kappa shape index (κ1) is 17.8. The van der Waals surface area contributed by atoms with E-state index in [1.165, 1.54) is 11.8 Å². The van der Waals surface area contributed by atoms with Crippen molar-refractivity contribution < 1.29 is 9.59 Å². The van der Waals surface area contributed by atoms with Gasteiger partial charge in [-0.2, -0.15) is 0 Å². The van der Waals surface area contributed by atoms with Gasteiger partial charge < -0.3 is 16.0 Å². The Morgan fingerprint density at radius 1 is 1.22 bits per heavy atom. The molecule has 126 valence electrons. The number of nitrogens with one attached hydrogen (secondary N) is 3. The van der Waals surface area contributed by atoms with Crippen molar-refractivity contribution >= 4 is 29.3 Å². The largest absolute Gasteiger partial charge is 0.353 e. The average Bonchev–Trinajstić information content (AvgIpc) is 2.49. The standard InChI is InChI=1S/C17H25N3O2S/c1-12-3-5-14(6-4-12)19-16(21)10-23-11-17(22)20-15-7-8-18-13(2)9-15/h3-6,13,15,18H,7-11H2,1-2H3,(H,19,21)(H,20,22). The molecule has 1 heterocycles. The van der Waals surface area contributed by atoms with Crippen molar-refractivity contribution in [3.05, 3.63) is 29.8 Å². The summed E-state index contributed by atoms with van der Waals surface area (Å²) in [7, 11) is 0. The molecule has 2 unspecified atom stereocenters. The number of carbonyl (C=O) groups is 2. The van der Waals surface area contributed by atoms with Crippen LogP contribution in [0.4, 0.5) is 5.69 Å². The Hall–Kier alpha value is -1.53. The third-order valence-corrected chi connectivity index (χ3v) is 4.72. The van der Waals surface area contributed by atoms with Crippen LogP contribution in [0, 0.1) is 6.92 Å². The molecule has 1 aromatic rings. The number of hydrogen-bond acceptors (Lipinski definition) is 4. The second-order valence-electron chi connectivity index (χ2n) is 6.05. The second-order valence-corrected chi connectivity index (χ2v) is 7.04. The highest BCUT2D eigenvalue weighted by Crippen LogP contribution is 2.11. The van der Waals surface area contributed by atoms with Gasteiger partial charge in [0.15, 0.2) is 0 Å². The molecule has 0 aromatic heterocycles. The Balaban J connectivity index is 1.62. The number of carbonyl (C=O) groups excluding carboxylic acids is 2. The third kappa shape index (κ3) is 6.62. The summed E-state index contributed by atoms with van der Waals surface area (Å²) >= 11 is 1.34. The lowest BCUT2D eigenvalue weighted by Gasteiger charge is -2.28. The molecule has 3 N–H and O–H groups in total. The number of rotatable bonds is 6. The van der Waals surface area contributed by atoms with Gasteiger partial charge in [-0.3, -0.25) is 9.59 Å². The number of amides is 2. The molecule has 2 rings (SSSR count). The van der Waals surface area contributed by atoms with Gasteiger partial charge >= 0.3 is 0 Å². The Labute approximate surface area is 142 Å². The van der Waals surface area contributed by atoms with Crippen LogP contribution in [0.15, 0.2) is 24.3 Å². The highest BCUT2D eigenvalue weighted by atomic mass is 32.2. The Bertz CT molecular complexity index is 533. The van der Waals surface area contributed by atoms with Crippen LogP contribution < -0.4 is 16.0 Å². The third-order valence-electron chi connectivity index (χ3n) is 3.79. The van der Waals surface area contributed by atoms with E-state index in [0.717, 1.165) is 30.6 Å². The molecular weight excluding hydrogens is 310 g/mol. The van der Waals surface area contributed by atoms with E-state index < -0.39 is 0 Å². The predicted molar refractivity (Wildman–Crippen MR) is 95.8 cm³/mol. The zero-order chi connectivity index (χ0) is 16.7. The fourth-order valence-electron chi connectivity index (χ4n) is 2.60. The molecule has 0 spiro atoms. The summed E-state index contributed by atoms with van der Waals surface area (Å²) in [5.41, 5.74) is 1.94. The van der Waals surface area contributed by atoms with Crippen LogP contribution in [-0.2, 0) is 9.59 Å². The van der Waals surface area contributed by atoms with E-state index in [1.54, 1.807) is 0 Å². The lowest BCUT2D eigenvalue weighted by atomic mass is 10.0. The molecule has 0 radical (unpaired) electrons. The summed E-state index contributed by atoms with van der Waals surface area (Å²) in [6.45, 7) is 5.07. The summed E-state index contributed by atoms with van der Waals surface area (Å²) in [5, 5.41) is 9.24. The van der Waals surface area contributed by atoms with Crippen LogP contribution in [0.3, 0.4) is 0 Å². The number of thioether (sulfide) groups is 1. The molecule has 6 heteroatoms. The van der Waals surface area contributed by atoms with E-state index in [1.807, 2.05) is 31.2 Å². The number of piperidine rings is 1. The topological polar surface area (TPSA) is 70.2 Å². The van der Waals surface area contributed by atoms with Gasteiger partial charge in [-0.25, -0.2) is 0 Å². The first-order valence-corrected chi connectivity index (χ1v) is 9.15. The van der Waals surface area contributed by atoms with Crippen molar-refractivity contribution in [3.8, 4) is 0 Å². The molecular formula is C17H25N3O2S. The Morgan fingerprint density at radius 3 is 2.61 bits per heavy atom. The summed E-state index contributed by atoms with van der Waals surface area (Å²) in [4.78, 5) is 23.8. The van der Waals surface area contributed by atoms with Gasteiger partial charge in [-0.1, -0.05) is 17.7 Å². The minimum Gasteiger partial charge on any atom is -0.353 e. The molecule has 23 heavy (non-hydrogen) atoms. The molecule has 1 aliphatic heterocycles. The normalized spacial score (nSPS) is 20.8. The maximum Gasteiger partial charge on any atom is 0.234 e. The summed E-state index contributed by atoms with van der Waals surface area (Å²) in [5.74, 6) is 0.531. The zero-order valence-electron chi connectivity index (χ0n) is 13.7. The van der Waals surface area contributed by atoms with E-state index in [2.05, 4.69) is 22.9 Å². The van der Waals surface area contributed by atoms with E-state index in [0.29, 0.717) is 11.8 Å². The lowest BCUT2D eigenvalue weighted by Crippen LogP contribution is -2.47. The van der Waals surface area contributed by atoms with Gasteiger partial charge in [0.25, 0.3) is 0 Å². The molecule has 0 saturated carbocycles. The van der Waals surface area contributed by atoms with Crippen LogP contribution in [0.5, 0.6) is 0 Å². The number of benzene rings is 1. The van der Waals surface area contributed by atoms with E-state index in [4.69, 9.17) is 0 Å². The SMILES string of the molecule is Cc1ccc(NC(=O)CSCC(=O)NC2CCNC(C)C2)cc1. The van der Waals surface area contributed by atoms with Gasteiger partial charge in [0.1, 0.15) is 0 Å². The molecule has 1 aliphatic rings. The molecule has 0 bridgehead atoms. The average molecular weight is 335 g/mol. The zero-order valence-corrected chi connectivity index (χ0v) is 14.5. The molecule has 1 saturated heterocycles. The molecule has 2 amide bonds. The van der Waals surface area contributed by atoms with E-state index >= 15 is 0 Å². The highest BCUT2D eigenvalue weighted by Gasteiger charge is 2.19. The van der Waals surface area contributed by atoms with Crippen molar-refractivity contribution in [2.24, 2.45) is 0 Å². The summed E-state index contributed by atoms with van der Waals surface area (Å²) < 4.78 is 0. The molecule has 1 fully saturated rings. The Morgan fingerprint density at radius 2 is 1.91 bits per heavy atom. The second kappa shape index (κ2) is 8.93. The maximum atomic E-state index is 11.9. The monoisotopic (exact) mass is 335 g/mol. The van der Waals surface area contributed by atoms with Crippen molar-refractivity contribution in [2.45, 2.75) is 38.8 Å². The molecule has 5 nitrogen and oxygen atoms in total. The minimum atomic E-state index is -0.0814. The number of aryl methyl sites for hydroxylation is 1. The van der Waals surface area contributed by atoms with Gasteiger partial charge in [0.05, 0.1) is 11.5 Å². The first-order chi connectivity index (χ1) is 11.0. The van der Waals surface area contributed by atoms with Crippen LogP contribution in [-0.4, -0.2) is 41.9 Å². The van der Waals surface area contributed by atoms with Crippen molar-refractivity contribution in [1.82, 2.24) is 10.6 Å². The van der Waals surface area contributed by atoms with Gasteiger partial charge in [0, 0.05) is 17.8 Å². The quantitative estimate of drug-likeness (QED) is 0.743. The van der Waals surface area contributed by atoms with Crippen molar-refractivity contribution in [3.63, 3.8) is 0 Å². The van der Waals surface area contributed by atoms with E-state index in [9.17, 15) is 9.59 Å². The van der Waals surface area contributed by atoms with Crippen molar-refractivity contribution in [1.29, 1.82) is 0 Å². The fraction of sp³-hybridized carbons (Fsp3) is 0.529. The number of hydrogen-bond donors (Lipinski definition) is 3. The van der Waals surface area contributed by atoms with Gasteiger partial charge in [-0.15, -0.1) is 11.8 Å². The Kier molecular flexibility index (Phi) is 6.92. The van der Waals surface area contributed by atoms with Crippen LogP contribution in [0.25, 0.3) is 0 Å².